The van der Waals surface area contributed by atoms with Gasteiger partial charge in [0.1, 0.15) is 0 Å². The zero-order valence-electron chi connectivity index (χ0n) is 10.2. The van der Waals surface area contributed by atoms with Crippen LogP contribution in [0.5, 0.6) is 0 Å². The Morgan fingerprint density at radius 1 is 1.25 bits per heavy atom. The lowest BCUT2D eigenvalue weighted by molar-refractivity contribution is -0.143. The number of nitrogens with one attached hydrogen (secondary N) is 1. The van der Waals surface area contributed by atoms with E-state index in [0.717, 1.165) is 0 Å². The normalized spacial score (nSPS) is 10.0. The van der Waals surface area contributed by atoms with Gasteiger partial charge in [-0.2, -0.15) is 0 Å². The molecule has 0 aliphatic carbocycles. The molecule has 0 unspecified atom stereocenters. The third kappa shape index (κ3) is 9.30. The van der Waals surface area contributed by atoms with Crippen molar-refractivity contribution in [1.29, 1.82) is 0 Å². The van der Waals surface area contributed by atoms with Gasteiger partial charge in [-0.1, -0.05) is 13.8 Å². The summed E-state index contributed by atoms with van der Waals surface area (Å²) in [5, 5.41) is 2.57. The summed E-state index contributed by atoms with van der Waals surface area (Å²) in [5.74, 6) is 0.0881. The van der Waals surface area contributed by atoms with Crippen molar-refractivity contribution < 1.29 is 19.1 Å². The number of rotatable bonds is 7. The molecule has 0 aromatic heterocycles. The van der Waals surface area contributed by atoms with Crippen molar-refractivity contribution in [3.8, 4) is 0 Å². The smallest absolute Gasteiger partial charge is 0.407 e. The van der Waals surface area contributed by atoms with Crippen LogP contribution in [-0.2, 0) is 14.3 Å². The Kier molecular flexibility index (Phi) is 8.29. The fourth-order valence-electron chi connectivity index (χ4n) is 0.950. The van der Waals surface area contributed by atoms with Crippen LogP contribution in [0.3, 0.4) is 0 Å². The van der Waals surface area contributed by atoms with Gasteiger partial charge in [-0.05, 0) is 19.3 Å². The number of ether oxygens (including phenoxy) is 2. The van der Waals surface area contributed by atoms with Gasteiger partial charge in [-0.3, -0.25) is 4.79 Å². The maximum Gasteiger partial charge on any atom is 0.407 e. The molecule has 1 N–H and O–H groups in total. The molecule has 5 nitrogen and oxygen atoms in total. The van der Waals surface area contributed by atoms with E-state index in [-0.39, 0.29) is 5.97 Å². The topological polar surface area (TPSA) is 64.6 Å². The van der Waals surface area contributed by atoms with Crippen LogP contribution >= 0.6 is 0 Å². The fraction of sp³-hybridized carbons (Fsp3) is 0.818. The molecule has 0 aliphatic rings. The molecular weight excluding hydrogens is 210 g/mol. The number of hydrogen-bond acceptors (Lipinski definition) is 4. The monoisotopic (exact) mass is 231 g/mol. The molecule has 94 valence electrons. The first-order valence-electron chi connectivity index (χ1n) is 5.62. The second-order valence-electron chi connectivity index (χ2n) is 3.83. The molecule has 5 heteroatoms. The minimum absolute atomic E-state index is 0.236. The molecule has 0 atom stereocenters. The average molecular weight is 231 g/mol. The second-order valence-corrected chi connectivity index (χ2v) is 3.83. The number of alkyl carbamates (subject to hydrolysis) is 1. The van der Waals surface area contributed by atoms with Gasteiger partial charge >= 0.3 is 12.1 Å². The Labute approximate surface area is 96.5 Å². The van der Waals surface area contributed by atoms with Gasteiger partial charge in [-0.25, -0.2) is 4.79 Å². The van der Waals surface area contributed by atoms with Crippen molar-refractivity contribution in [3.63, 3.8) is 0 Å². The van der Waals surface area contributed by atoms with Crippen LogP contribution in [0, 0.1) is 5.92 Å². The van der Waals surface area contributed by atoms with Crippen LogP contribution in [0.2, 0.25) is 0 Å². The van der Waals surface area contributed by atoms with Crippen molar-refractivity contribution in [2.45, 2.75) is 33.6 Å². The van der Waals surface area contributed by atoms with Crippen LogP contribution in [0.15, 0.2) is 0 Å². The second kappa shape index (κ2) is 9.00. The minimum atomic E-state index is -0.433. The van der Waals surface area contributed by atoms with Gasteiger partial charge in [0.15, 0.2) is 0 Å². The first-order chi connectivity index (χ1) is 7.56. The van der Waals surface area contributed by atoms with Gasteiger partial charge in [0, 0.05) is 13.0 Å². The molecule has 0 aliphatic heterocycles. The van der Waals surface area contributed by atoms with E-state index in [4.69, 9.17) is 9.47 Å². The lowest BCUT2D eigenvalue weighted by Crippen LogP contribution is -2.27. The number of carbonyl (C=O) groups is 2. The van der Waals surface area contributed by atoms with Crippen LogP contribution in [0.25, 0.3) is 0 Å². The Balaban J connectivity index is 3.37. The van der Waals surface area contributed by atoms with E-state index in [1.807, 2.05) is 13.8 Å². The minimum Gasteiger partial charge on any atom is -0.466 e. The van der Waals surface area contributed by atoms with Crippen molar-refractivity contribution in [3.05, 3.63) is 0 Å². The van der Waals surface area contributed by atoms with Gasteiger partial charge in [-0.15, -0.1) is 0 Å². The third-order valence-corrected chi connectivity index (χ3v) is 1.68. The highest BCUT2D eigenvalue weighted by atomic mass is 16.5. The zero-order chi connectivity index (χ0) is 12.4. The van der Waals surface area contributed by atoms with Gasteiger partial charge in [0.25, 0.3) is 0 Å². The van der Waals surface area contributed by atoms with E-state index in [0.29, 0.717) is 38.5 Å². The summed E-state index contributed by atoms with van der Waals surface area (Å²) >= 11 is 0. The largest absolute Gasteiger partial charge is 0.466 e. The maximum atomic E-state index is 11.1. The molecule has 0 aromatic carbocycles. The van der Waals surface area contributed by atoms with Gasteiger partial charge in [0.2, 0.25) is 0 Å². The molecule has 0 radical (unpaired) electrons. The van der Waals surface area contributed by atoms with Crippen LogP contribution in [0.4, 0.5) is 4.79 Å². The summed E-state index contributed by atoms with van der Waals surface area (Å²) in [4.78, 5) is 22.0. The third-order valence-electron chi connectivity index (χ3n) is 1.68. The van der Waals surface area contributed by atoms with E-state index >= 15 is 0 Å². The van der Waals surface area contributed by atoms with E-state index in [2.05, 4.69) is 5.32 Å². The molecule has 1 amide bonds. The van der Waals surface area contributed by atoms with Crippen molar-refractivity contribution >= 4 is 12.1 Å². The zero-order valence-corrected chi connectivity index (χ0v) is 10.2. The van der Waals surface area contributed by atoms with Gasteiger partial charge < -0.3 is 14.8 Å². The van der Waals surface area contributed by atoms with Crippen molar-refractivity contribution in [1.82, 2.24) is 5.32 Å². The van der Waals surface area contributed by atoms with E-state index in [9.17, 15) is 9.59 Å². The molecule has 0 rings (SSSR count). The Morgan fingerprint density at radius 3 is 2.50 bits per heavy atom. The molecule has 0 fully saturated rings. The average Bonchev–Trinajstić information content (AvgIpc) is 2.22. The number of carbonyl (C=O) groups excluding carboxylic acids is 2. The molecule has 16 heavy (non-hydrogen) atoms. The first-order valence-corrected chi connectivity index (χ1v) is 5.62. The number of hydrogen-bond donors (Lipinski definition) is 1. The molecular formula is C11H21NO4. The summed E-state index contributed by atoms with van der Waals surface area (Å²) < 4.78 is 9.64. The molecule has 0 saturated heterocycles. The Morgan fingerprint density at radius 2 is 1.94 bits per heavy atom. The maximum absolute atomic E-state index is 11.1. The van der Waals surface area contributed by atoms with Crippen LogP contribution in [0.1, 0.15) is 33.6 Å². The van der Waals surface area contributed by atoms with Crippen LogP contribution < -0.4 is 5.32 Å². The van der Waals surface area contributed by atoms with Crippen LogP contribution in [-0.4, -0.2) is 31.8 Å². The first kappa shape index (κ1) is 14.7. The highest BCUT2D eigenvalue weighted by Gasteiger charge is 2.04. The Bertz CT molecular complexity index is 216. The lowest BCUT2D eigenvalue weighted by Gasteiger charge is -2.08. The molecule has 0 aromatic rings. The quantitative estimate of drug-likeness (QED) is 0.535. The Hall–Kier alpha value is -1.26. The SMILES string of the molecule is CCOC(=O)CCCNC(=O)OCC(C)C. The molecule has 0 bridgehead atoms. The summed E-state index contributed by atoms with van der Waals surface area (Å²) in [5.41, 5.74) is 0. The van der Waals surface area contributed by atoms with E-state index in [1.54, 1.807) is 6.92 Å². The number of esters is 1. The molecule has 0 heterocycles. The predicted molar refractivity (Wildman–Crippen MR) is 60.1 cm³/mol. The lowest BCUT2D eigenvalue weighted by atomic mass is 10.2. The summed E-state index contributed by atoms with van der Waals surface area (Å²) in [6.45, 7) is 6.92. The van der Waals surface area contributed by atoms with Crippen molar-refractivity contribution in [2.75, 3.05) is 19.8 Å². The highest BCUT2D eigenvalue weighted by Crippen LogP contribution is 1.94. The number of amides is 1. The summed E-state index contributed by atoms with van der Waals surface area (Å²) in [6.07, 6.45) is 0.450. The highest BCUT2D eigenvalue weighted by molar-refractivity contribution is 5.69. The van der Waals surface area contributed by atoms with Gasteiger partial charge in [0.05, 0.1) is 13.2 Å². The standard InChI is InChI=1S/C11H21NO4/c1-4-15-10(13)6-5-7-12-11(14)16-8-9(2)3/h9H,4-8H2,1-3H3,(H,12,14). The predicted octanol–water partition coefficient (Wildman–Crippen LogP) is 1.71. The van der Waals surface area contributed by atoms with E-state index < -0.39 is 6.09 Å². The molecule has 0 saturated carbocycles. The molecule has 0 spiro atoms. The summed E-state index contributed by atoms with van der Waals surface area (Å²) in [6, 6.07) is 0. The van der Waals surface area contributed by atoms with Crippen molar-refractivity contribution in [2.24, 2.45) is 5.92 Å². The van der Waals surface area contributed by atoms with E-state index in [1.165, 1.54) is 0 Å². The fourth-order valence-corrected chi connectivity index (χ4v) is 0.950. The summed E-state index contributed by atoms with van der Waals surface area (Å²) in [7, 11) is 0.